The van der Waals surface area contributed by atoms with Crippen LogP contribution < -0.4 is 0 Å². The molecule has 21 heavy (non-hydrogen) atoms. The van der Waals surface area contributed by atoms with Gasteiger partial charge in [-0.3, -0.25) is 0 Å². The standard InChI is InChI=1S/C18H28O2Si/c1-17-10-7-15(20-21(2,3)4)16(17)14-8-11-18(19-14)9-5-6-13(18)12-17/h8,11,13-14H,5-7,9-10,12H2,1-4H3/t13-,14+,17+,18-/m0/s1. The van der Waals surface area contributed by atoms with Gasteiger partial charge in [0, 0.05) is 12.0 Å². The molecule has 2 nitrogen and oxygen atoms in total. The maximum Gasteiger partial charge on any atom is 0.241 e. The van der Waals surface area contributed by atoms with Crippen LogP contribution in [0.2, 0.25) is 19.6 Å². The maximum atomic E-state index is 6.62. The highest BCUT2D eigenvalue weighted by atomic mass is 28.4. The van der Waals surface area contributed by atoms with Crippen molar-refractivity contribution in [3.8, 4) is 0 Å². The van der Waals surface area contributed by atoms with Crippen LogP contribution in [0.15, 0.2) is 23.5 Å². The minimum Gasteiger partial charge on any atom is -0.547 e. The summed E-state index contributed by atoms with van der Waals surface area (Å²) in [5.41, 5.74) is 1.86. The minimum atomic E-state index is -1.54. The summed E-state index contributed by atoms with van der Waals surface area (Å²) in [6.07, 6.45) is 12.5. The van der Waals surface area contributed by atoms with Crippen molar-refractivity contribution in [2.24, 2.45) is 11.3 Å². The molecule has 2 heterocycles. The van der Waals surface area contributed by atoms with Gasteiger partial charge in [0.15, 0.2) is 0 Å². The first-order valence-corrected chi connectivity index (χ1v) is 12.0. The van der Waals surface area contributed by atoms with E-state index in [0.717, 1.165) is 6.42 Å². The van der Waals surface area contributed by atoms with Crippen molar-refractivity contribution in [2.45, 2.75) is 76.8 Å². The summed E-state index contributed by atoms with van der Waals surface area (Å²) in [6.45, 7) is 9.32. The largest absolute Gasteiger partial charge is 0.547 e. The number of hydrogen-bond donors (Lipinski definition) is 0. The van der Waals surface area contributed by atoms with E-state index in [4.69, 9.17) is 9.16 Å². The van der Waals surface area contributed by atoms with E-state index < -0.39 is 8.32 Å². The van der Waals surface area contributed by atoms with Crippen molar-refractivity contribution in [3.63, 3.8) is 0 Å². The van der Waals surface area contributed by atoms with E-state index in [2.05, 4.69) is 38.7 Å². The van der Waals surface area contributed by atoms with Crippen LogP contribution in [0.3, 0.4) is 0 Å². The van der Waals surface area contributed by atoms with Crippen molar-refractivity contribution >= 4 is 8.32 Å². The molecule has 0 N–H and O–H groups in total. The minimum absolute atomic E-state index is 0.0648. The third-order valence-corrected chi connectivity index (χ3v) is 6.83. The molecule has 4 atom stereocenters. The third kappa shape index (κ3) is 2.07. The average Bonchev–Trinajstić information content (AvgIpc) is 2.99. The molecule has 2 bridgehead atoms. The van der Waals surface area contributed by atoms with Crippen molar-refractivity contribution in [2.75, 3.05) is 0 Å². The lowest BCUT2D eigenvalue weighted by Crippen LogP contribution is -2.32. The first kappa shape index (κ1) is 14.1. The van der Waals surface area contributed by atoms with Gasteiger partial charge < -0.3 is 9.16 Å². The van der Waals surface area contributed by atoms with Gasteiger partial charge >= 0.3 is 0 Å². The molecule has 1 saturated carbocycles. The fourth-order valence-electron chi connectivity index (χ4n) is 5.17. The van der Waals surface area contributed by atoms with E-state index in [1.807, 2.05) is 0 Å². The van der Waals surface area contributed by atoms with Crippen LogP contribution >= 0.6 is 0 Å². The van der Waals surface area contributed by atoms with Crippen LogP contribution in [0.5, 0.6) is 0 Å². The van der Waals surface area contributed by atoms with Gasteiger partial charge in [0.2, 0.25) is 8.32 Å². The molecule has 0 aromatic carbocycles. The Labute approximate surface area is 129 Å². The second-order valence-corrected chi connectivity index (χ2v) is 13.2. The number of rotatable bonds is 2. The highest BCUT2D eigenvalue weighted by molar-refractivity contribution is 6.70. The fourth-order valence-corrected chi connectivity index (χ4v) is 6.12. The van der Waals surface area contributed by atoms with E-state index >= 15 is 0 Å². The van der Waals surface area contributed by atoms with Gasteiger partial charge in [0.1, 0.15) is 6.10 Å². The second kappa shape index (κ2) is 4.26. The van der Waals surface area contributed by atoms with Crippen molar-refractivity contribution in [3.05, 3.63) is 23.5 Å². The zero-order valence-electron chi connectivity index (χ0n) is 13.9. The van der Waals surface area contributed by atoms with Gasteiger partial charge in [0.25, 0.3) is 0 Å². The Kier molecular flexibility index (Phi) is 2.85. The molecule has 0 unspecified atom stereocenters. The molecule has 1 spiro atoms. The SMILES string of the molecule is C[C@]12CCC(O[Si](C)(C)C)=C1[C@H]1C=C[C@]3(CCC[C@H]3C2)O1. The molecular weight excluding hydrogens is 276 g/mol. The van der Waals surface area contributed by atoms with E-state index in [1.165, 1.54) is 43.4 Å². The van der Waals surface area contributed by atoms with Gasteiger partial charge in [-0.15, -0.1) is 0 Å². The van der Waals surface area contributed by atoms with Crippen LogP contribution in [-0.2, 0) is 9.16 Å². The summed E-state index contributed by atoms with van der Waals surface area (Å²) in [4.78, 5) is 0. The molecule has 3 heteroatoms. The van der Waals surface area contributed by atoms with Crippen molar-refractivity contribution in [1.29, 1.82) is 0 Å². The summed E-state index contributed by atoms with van der Waals surface area (Å²) in [7, 11) is -1.54. The van der Waals surface area contributed by atoms with Gasteiger partial charge in [0.05, 0.1) is 11.4 Å². The smallest absolute Gasteiger partial charge is 0.241 e. The predicted octanol–water partition coefficient (Wildman–Crippen LogP) is 4.79. The molecule has 0 radical (unpaired) electrons. The number of hydrogen-bond acceptors (Lipinski definition) is 2. The maximum absolute atomic E-state index is 6.62. The zero-order chi connectivity index (χ0) is 14.9. The summed E-state index contributed by atoms with van der Waals surface area (Å²) in [5.74, 6) is 2.00. The van der Waals surface area contributed by atoms with E-state index in [9.17, 15) is 0 Å². The van der Waals surface area contributed by atoms with E-state index in [1.54, 1.807) is 0 Å². The van der Waals surface area contributed by atoms with Crippen LogP contribution in [0.1, 0.15) is 45.4 Å². The molecule has 1 saturated heterocycles. The van der Waals surface area contributed by atoms with Crippen LogP contribution in [-0.4, -0.2) is 20.0 Å². The molecular formula is C18H28O2Si. The molecule has 4 rings (SSSR count). The first-order valence-electron chi connectivity index (χ1n) is 8.61. The normalized spacial score (nSPS) is 44.8. The van der Waals surface area contributed by atoms with Gasteiger partial charge in [-0.05, 0) is 63.1 Å². The fraction of sp³-hybridized carbons (Fsp3) is 0.778. The third-order valence-electron chi connectivity index (χ3n) is 5.98. The summed E-state index contributed by atoms with van der Waals surface area (Å²) < 4.78 is 13.1. The Morgan fingerprint density at radius 1 is 1.29 bits per heavy atom. The first-order chi connectivity index (χ1) is 9.81. The summed E-state index contributed by atoms with van der Waals surface area (Å²) in [6, 6.07) is 0. The average molecular weight is 305 g/mol. The van der Waals surface area contributed by atoms with Crippen LogP contribution in [0, 0.1) is 11.3 Å². The number of ether oxygens (including phenoxy) is 1. The van der Waals surface area contributed by atoms with E-state index in [-0.39, 0.29) is 11.7 Å². The Hall–Kier alpha value is -0.543. The Morgan fingerprint density at radius 3 is 2.86 bits per heavy atom. The molecule has 2 aliphatic heterocycles. The Balaban J connectivity index is 1.76. The van der Waals surface area contributed by atoms with E-state index in [0.29, 0.717) is 11.3 Å². The molecule has 4 aliphatic rings. The molecule has 0 aromatic rings. The predicted molar refractivity (Wildman–Crippen MR) is 87.5 cm³/mol. The number of fused-ring (bicyclic) bond motifs is 3. The van der Waals surface area contributed by atoms with Crippen molar-refractivity contribution in [1.82, 2.24) is 0 Å². The summed E-state index contributed by atoms with van der Waals surface area (Å²) >= 11 is 0. The molecule has 0 aromatic heterocycles. The highest BCUT2D eigenvalue weighted by Gasteiger charge is 2.56. The Morgan fingerprint density at radius 2 is 2.10 bits per heavy atom. The molecule has 2 fully saturated rings. The molecule has 116 valence electrons. The molecule has 0 amide bonds. The quantitative estimate of drug-likeness (QED) is 0.539. The lowest BCUT2D eigenvalue weighted by molar-refractivity contribution is -0.0276. The van der Waals surface area contributed by atoms with Gasteiger partial charge in [-0.2, -0.15) is 0 Å². The molecule has 2 aliphatic carbocycles. The topological polar surface area (TPSA) is 18.5 Å². The second-order valence-electron chi connectivity index (χ2n) is 8.76. The lowest BCUT2D eigenvalue weighted by Gasteiger charge is -2.32. The number of allylic oxidation sites excluding steroid dienone is 1. The highest BCUT2D eigenvalue weighted by Crippen LogP contribution is 2.60. The van der Waals surface area contributed by atoms with Crippen molar-refractivity contribution < 1.29 is 9.16 Å². The Bertz CT molecular complexity index is 530. The van der Waals surface area contributed by atoms with Crippen LogP contribution in [0.25, 0.3) is 0 Å². The van der Waals surface area contributed by atoms with Gasteiger partial charge in [-0.25, -0.2) is 0 Å². The lowest BCUT2D eigenvalue weighted by atomic mass is 9.71. The monoisotopic (exact) mass is 304 g/mol. The summed E-state index contributed by atoms with van der Waals surface area (Å²) in [5, 5.41) is 0. The zero-order valence-corrected chi connectivity index (χ0v) is 14.9. The van der Waals surface area contributed by atoms with Crippen LogP contribution in [0.4, 0.5) is 0 Å². The van der Waals surface area contributed by atoms with Gasteiger partial charge in [-0.1, -0.05) is 19.1 Å².